The first-order chi connectivity index (χ1) is 27.3. The minimum Gasteiger partial charge on any atom is -0.455 e. The lowest BCUT2D eigenvalue weighted by atomic mass is 9.67. The molecular formula is C53H35NO. The number of benzene rings is 9. The Balaban J connectivity index is 1.16. The van der Waals surface area contributed by atoms with E-state index < -0.39 is 5.41 Å². The maximum absolute atomic E-state index is 6.71. The largest absolute Gasteiger partial charge is 0.455 e. The van der Waals surface area contributed by atoms with Crippen LogP contribution in [-0.4, -0.2) is 0 Å². The summed E-state index contributed by atoms with van der Waals surface area (Å²) in [6.45, 7) is 0. The number of hydrogen-bond donors (Lipinski definition) is 0. The van der Waals surface area contributed by atoms with Crippen molar-refractivity contribution in [3.8, 4) is 22.3 Å². The van der Waals surface area contributed by atoms with E-state index in [0.29, 0.717) is 0 Å². The van der Waals surface area contributed by atoms with Crippen molar-refractivity contribution in [3.05, 3.63) is 235 Å². The van der Waals surface area contributed by atoms with Crippen molar-refractivity contribution in [2.75, 3.05) is 4.90 Å². The fraction of sp³-hybridized carbons (Fsp3) is 0.0189. The quantitative estimate of drug-likeness (QED) is 0.172. The number of anilines is 3. The van der Waals surface area contributed by atoms with Crippen molar-refractivity contribution in [2.24, 2.45) is 0 Å². The highest BCUT2D eigenvalue weighted by Crippen LogP contribution is 2.57. The SMILES string of the molecule is c1ccc(-c2cc3c4cc(N(c5ccccc5)c5ccc6c(c5)C(c5ccccc5)(c5ccccc5)c5ccccc5-6)ccc4oc3c3ccccc23)cc1. The number of rotatable bonds is 6. The number of hydrogen-bond acceptors (Lipinski definition) is 2. The third-order valence-electron chi connectivity index (χ3n) is 11.5. The molecule has 258 valence electrons. The first-order valence-electron chi connectivity index (χ1n) is 18.9. The third kappa shape index (κ3) is 4.75. The van der Waals surface area contributed by atoms with E-state index in [1.165, 1.54) is 49.9 Å². The van der Waals surface area contributed by atoms with Gasteiger partial charge in [0.25, 0.3) is 0 Å². The van der Waals surface area contributed by atoms with Gasteiger partial charge >= 0.3 is 0 Å². The number of nitrogens with zero attached hydrogens (tertiary/aromatic N) is 1. The monoisotopic (exact) mass is 701 g/mol. The van der Waals surface area contributed by atoms with Gasteiger partial charge in [0.15, 0.2) is 0 Å². The van der Waals surface area contributed by atoms with Crippen molar-refractivity contribution in [2.45, 2.75) is 5.41 Å². The molecule has 0 aliphatic heterocycles. The zero-order valence-electron chi connectivity index (χ0n) is 30.1. The molecule has 0 bridgehead atoms. The van der Waals surface area contributed by atoms with Crippen LogP contribution in [0.15, 0.2) is 217 Å². The average Bonchev–Trinajstić information content (AvgIpc) is 3.78. The summed E-state index contributed by atoms with van der Waals surface area (Å²) in [4.78, 5) is 2.39. The normalized spacial score (nSPS) is 12.9. The zero-order valence-corrected chi connectivity index (χ0v) is 30.1. The molecule has 0 fully saturated rings. The number of fused-ring (bicyclic) bond motifs is 8. The molecule has 0 saturated heterocycles. The molecule has 11 rings (SSSR count). The van der Waals surface area contributed by atoms with E-state index in [9.17, 15) is 0 Å². The van der Waals surface area contributed by atoms with Gasteiger partial charge in [-0.05, 0) is 98.4 Å². The number of furan rings is 1. The van der Waals surface area contributed by atoms with Crippen molar-refractivity contribution in [1.29, 1.82) is 0 Å². The lowest BCUT2D eigenvalue weighted by molar-refractivity contribution is 0.672. The Kier molecular flexibility index (Phi) is 7.11. The molecule has 1 aromatic heterocycles. The Hall–Kier alpha value is -7.16. The summed E-state index contributed by atoms with van der Waals surface area (Å²) in [5, 5.41) is 4.51. The van der Waals surface area contributed by atoms with Gasteiger partial charge in [-0.2, -0.15) is 0 Å². The average molecular weight is 702 g/mol. The van der Waals surface area contributed by atoms with Gasteiger partial charge in [0, 0.05) is 33.2 Å². The highest BCUT2D eigenvalue weighted by Gasteiger charge is 2.46. The van der Waals surface area contributed by atoms with E-state index in [4.69, 9.17) is 4.42 Å². The van der Waals surface area contributed by atoms with Gasteiger partial charge in [0.05, 0.1) is 5.41 Å². The van der Waals surface area contributed by atoms with Crippen LogP contribution < -0.4 is 4.90 Å². The molecule has 2 heteroatoms. The summed E-state index contributed by atoms with van der Waals surface area (Å²) in [6, 6.07) is 76.9. The van der Waals surface area contributed by atoms with E-state index in [1.54, 1.807) is 0 Å². The summed E-state index contributed by atoms with van der Waals surface area (Å²) in [5.41, 5.74) is 14.6. The summed E-state index contributed by atoms with van der Waals surface area (Å²) in [5.74, 6) is 0. The molecule has 0 amide bonds. The van der Waals surface area contributed by atoms with E-state index in [0.717, 1.165) is 44.4 Å². The smallest absolute Gasteiger partial charge is 0.143 e. The molecule has 0 radical (unpaired) electrons. The lowest BCUT2D eigenvalue weighted by Gasteiger charge is -2.35. The molecule has 0 unspecified atom stereocenters. The van der Waals surface area contributed by atoms with E-state index in [1.807, 2.05) is 0 Å². The molecule has 9 aromatic carbocycles. The van der Waals surface area contributed by atoms with Crippen molar-refractivity contribution in [3.63, 3.8) is 0 Å². The molecule has 10 aromatic rings. The van der Waals surface area contributed by atoms with Gasteiger partial charge in [-0.3, -0.25) is 0 Å². The fourth-order valence-electron chi connectivity index (χ4n) is 9.18. The van der Waals surface area contributed by atoms with Crippen molar-refractivity contribution in [1.82, 2.24) is 0 Å². The molecule has 0 N–H and O–H groups in total. The first kappa shape index (κ1) is 31.4. The highest BCUT2D eigenvalue weighted by atomic mass is 16.3. The van der Waals surface area contributed by atoms with Crippen LogP contribution >= 0.6 is 0 Å². The Morgan fingerprint density at radius 2 is 0.909 bits per heavy atom. The second-order valence-electron chi connectivity index (χ2n) is 14.4. The van der Waals surface area contributed by atoms with Crippen molar-refractivity contribution < 1.29 is 4.42 Å². The Morgan fingerprint density at radius 1 is 0.345 bits per heavy atom. The summed E-state index contributed by atoms with van der Waals surface area (Å²) in [6.07, 6.45) is 0. The van der Waals surface area contributed by atoms with Gasteiger partial charge in [-0.15, -0.1) is 0 Å². The van der Waals surface area contributed by atoms with Crippen LogP contribution in [0.3, 0.4) is 0 Å². The van der Waals surface area contributed by atoms with Crippen LogP contribution in [0.2, 0.25) is 0 Å². The molecule has 1 aliphatic carbocycles. The topological polar surface area (TPSA) is 16.4 Å². The molecule has 1 aliphatic rings. The predicted molar refractivity (Wildman–Crippen MR) is 229 cm³/mol. The third-order valence-corrected chi connectivity index (χ3v) is 11.5. The summed E-state index contributed by atoms with van der Waals surface area (Å²) in [7, 11) is 0. The highest BCUT2D eigenvalue weighted by molar-refractivity contribution is 6.19. The maximum Gasteiger partial charge on any atom is 0.143 e. The molecule has 2 nitrogen and oxygen atoms in total. The Labute approximate surface area is 320 Å². The Bertz CT molecular complexity index is 2980. The van der Waals surface area contributed by atoms with Crippen LogP contribution in [0.4, 0.5) is 17.1 Å². The van der Waals surface area contributed by atoms with Crippen LogP contribution in [-0.2, 0) is 5.41 Å². The molecule has 1 heterocycles. The summed E-state index contributed by atoms with van der Waals surface area (Å²) >= 11 is 0. The summed E-state index contributed by atoms with van der Waals surface area (Å²) < 4.78 is 6.71. The van der Waals surface area contributed by atoms with Gasteiger partial charge in [-0.25, -0.2) is 0 Å². The number of para-hydroxylation sites is 1. The minimum absolute atomic E-state index is 0.494. The second-order valence-corrected chi connectivity index (χ2v) is 14.4. The molecule has 0 saturated carbocycles. The maximum atomic E-state index is 6.71. The van der Waals surface area contributed by atoms with Gasteiger partial charge in [-0.1, -0.05) is 164 Å². The van der Waals surface area contributed by atoms with Crippen LogP contribution in [0.25, 0.3) is 55.0 Å². The van der Waals surface area contributed by atoms with Gasteiger partial charge in [0.2, 0.25) is 0 Å². The van der Waals surface area contributed by atoms with E-state index >= 15 is 0 Å². The van der Waals surface area contributed by atoms with Crippen LogP contribution in [0.1, 0.15) is 22.3 Å². The van der Waals surface area contributed by atoms with Crippen LogP contribution in [0, 0.1) is 0 Å². The molecule has 0 atom stereocenters. The zero-order chi connectivity index (χ0) is 36.3. The molecule has 0 spiro atoms. The van der Waals surface area contributed by atoms with Crippen LogP contribution in [0.5, 0.6) is 0 Å². The van der Waals surface area contributed by atoms with Crippen molar-refractivity contribution >= 4 is 49.8 Å². The Morgan fingerprint density at radius 3 is 1.64 bits per heavy atom. The minimum atomic E-state index is -0.494. The fourth-order valence-corrected chi connectivity index (χ4v) is 9.18. The van der Waals surface area contributed by atoms with E-state index in [-0.39, 0.29) is 0 Å². The first-order valence-corrected chi connectivity index (χ1v) is 18.9. The predicted octanol–water partition coefficient (Wildman–Crippen LogP) is 14.2. The second kappa shape index (κ2) is 12.5. The van der Waals surface area contributed by atoms with E-state index in [2.05, 4.69) is 217 Å². The van der Waals surface area contributed by atoms with Gasteiger partial charge in [0.1, 0.15) is 11.2 Å². The van der Waals surface area contributed by atoms with Gasteiger partial charge < -0.3 is 9.32 Å². The standard InChI is InChI=1S/C53H35NO/c1-5-17-36(18-6-1)46-35-48-47-33-40(30-32-51(47)55-52(48)45-27-14-13-25-42(45)46)54(39-23-11-4-12-24-39)41-29-31-44-43-26-15-16-28-49(43)53(50(44)34-41,37-19-7-2-8-20-37)38-21-9-3-10-22-38/h1-35H. The molecular weight excluding hydrogens is 667 g/mol. The molecule has 55 heavy (non-hydrogen) atoms. The lowest BCUT2D eigenvalue weighted by Crippen LogP contribution is -2.28.